The number of ether oxygens (including phenoxy) is 2. The third-order valence-corrected chi connectivity index (χ3v) is 6.14. The summed E-state index contributed by atoms with van der Waals surface area (Å²) in [7, 11) is 0. The first-order valence-electron chi connectivity index (χ1n) is 9.17. The molecule has 1 aromatic heterocycles. The molecule has 0 saturated heterocycles. The van der Waals surface area contributed by atoms with E-state index in [1.807, 2.05) is 6.92 Å². The highest BCUT2D eigenvalue weighted by Crippen LogP contribution is 2.61. The Morgan fingerprint density at radius 3 is 2.44 bits per heavy atom. The fourth-order valence-corrected chi connectivity index (χ4v) is 5.81. The molecule has 3 N–H and O–H groups in total. The zero-order valence-corrected chi connectivity index (χ0v) is 14.5. The molecule has 7 heteroatoms. The molecule has 4 aliphatic carbocycles. The molecule has 4 fully saturated rings. The molecule has 1 atom stereocenters. The minimum Gasteiger partial charge on any atom is -0.479 e. The highest BCUT2D eigenvalue weighted by molar-refractivity contribution is 5.80. The van der Waals surface area contributed by atoms with Crippen LogP contribution in [0.5, 0.6) is 11.8 Å². The van der Waals surface area contributed by atoms with E-state index in [9.17, 15) is 9.59 Å². The van der Waals surface area contributed by atoms with Crippen LogP contribution in [0, 0.1) is 23.2 Å². The van der Waals surface area contributed by atoms with Crippen molar-refractivity contribution in [1.82, 2.24) is 9.97 Å². The molecule has 25 heavy (non-hydrogen) atoms. The van der Waals surface area contributed by atoms with Crippen LogP contribution < -0.4 is 20.9 Å². The number of nitrogens with zero attached hydrogens (tertiary/aromatic N) is 1. The molecule has 1 unspecified atom stereocenters. The molecular weight excluding hydrogens is 322 g/mol. The Kier molecular flexibility index (Phi) is 3.96. The van der Waals surface area contributed by atoms with Gasteiger partial charge in [0.15, 0.2) is 12.0 Å². The molecule has 7 nitrogen and oxygen atoms in total. The monoisotopic (exact) mass is 347 g/mol. The molecule has 1 amide bonds. The second-order valence-corrected chi connectivity index (χ2v) is 8.00. The summed E-state index contributed by atoms with van der Waals surface area (Å²) in [5.74, 6) is 1.92. The van der Waals surface area contributed by atoms with Crippen molar-refractivity contribution in [2.45, 2.75) is 51.6 Å². The van der Waals surface area contributed by atoms with Gasteiger partial charge in [-0.3, -0.25) is 9.78 Å². The van der Waals surface area contributed by atoms with Gasteiger partial charge in [0, 0.05) is 5.41 Å². The van der Waals surface area contributed by atoms with Gasteiger partial charge < -0.3 is 15.2 Å². The maximum atomic E-state index is 12.3. The molecule has 0 aliphatic heterocycles. The molecule has 1 aromatic rings. The van der Waals surface area contributed by atoms with Gasteiger partial charge in [-0.2, -0.15) is 4.98 Å². The number of aromatic amines is 1. The molecular formula is C18H25N3O4. The average molecular weight is 347 g/mol. The van der Waals surface area contributed by atoms with Crippen molar-refractivity contribution in [2.75, 3.05) is 6.61 Å². The van der Waals surface area contributed by atoms with Gasteiger partial charge >= 0.3 is 5.69 Å². The van der Waals surface area contributed by atoms with Gasteiger partial charge in [0.05, 0.1) is 12.7 Å². The predicted octanol–water partition coefficient (Wildman–Crippen LogP) is 1.62. The number of carbonyl (C=O) groups is 1. The van der Waals surface area contributed by atoms with Gasteiger partial charge in [-0.05, 0) is 63.2 Å². The topological polar surface area (TPSA) is 107 Å². The highest BCUT2D eigenvalue weighted by Gasteiger charge is 2.56. The minimum absolute atomic E-state index is 0.103. The van der Waals surface area contributed by atoms with E-state index in [4.69, 9.17) is 15.2 Å². The Balaban J connectivity index is 1.63. The summed E-state index contributed by atoms with van der Waals surface area (Å²) < 4.78 is 11.3. The normalized spacial score (nSPS) is 33.9. The number of rotatable bonds is 6. The zero-order chi connectivity index (χ0) is 17.6. The number of hydrogen-bond acceptors (Lipinski definition) is 5. The highest BCUT2D eigenvalue weighted by atomic mass is 16.5. The van der Waals surface area contributed by atoms with E-state index in [2.05, 4.69) is 9.97 Å². The maximum Gasteiger partial charge on any atom is 0.351 e. The van der Waals surface area contributed by atoms with Crippen molar-refractivity contribution in [3.63, 3.8) is 0 Å². The van der Waals surface area contributed by atoms with Crippen LogP contribution in [0.4, 0.5) is 0 Å². The minimum atomic E-state index is -0.746. The fraction of sp³-hybridized carbons (Fsp3) is 0.722. The molecule has 4 bridgehead atoms. The molecule has 0 spiro atoms. The first-order chi connectivity index (χ1) is 12.0. The lowest BCUT2D eigenvalue weighted by Crippen LogP contribution is -2.57. The summed E-state index contributed by atoms with van der Waals surface area (Å²) in [6.45, 7) is 2.23. The van der Waals surface area contributed by atoms with Crippen molar-refractivity contribution in [3.05, 3.63) is 16.6 Å². The number of hydrogen-bond donors (Lipinski definition) is 2. The first kappa shape index (κ1) is 16.4. The third kappa shape index (κ3) is 3.00. The van der Waals surface area contributed by atoms with Crippen LogP contribution in [0.1, 0.15) is 45.4 Å². The summed E-state index contributed by atoms with van der Waals surface area (Å²) in [4.78, 5) is 30.4. The smallest absolute Gasteiger partial charge is 0.351 e. The lowest BCUT2D eigenvalue weighted by molar-refractivity contribution is -0.148. The van der Waals surface area contributed by atoms with E-state index in [1.165, 1.54) is 25.3 Å². The standard InChI is InChI=1S/C18H25N3O4/c1-2-24-13-6-14(21-17(23)20-13)25-15(16(19)22)18-7-10-3-11(8-18)5-12(4-10)9-18/h6,10-12,15H,2-5,7-9H2,1H3,(H2,19,22)(H,20,21,23). The molecule has 1 heterocycles. The lowest BCUT2D eigenvalue weighted by Gasteiger charge is -2.58. The number of aromatic nitrogens is 2. The predicted molar refractivity (Wildman–Crippen MR) is 90.2 cm³/mol. The number of carbonyl (C=O) groups excluding carboxylic acids is 1. The summed E-state index contributed by atoms with van der Waals surface area (Å²) in [5.41, 5.74) is 4.96. The summed E-state index contributed by atoms with van der Waals surface area (Å²) in [5, 5.41) is 0. The Morgan fingerprint density at radius 1 is 1.32 bits per heavy atom. The van der Waals surface area contributed by atoms with Gasteiger partial charge in [-0.25, -0.2) is 4.79 Å². The Morgan fingerprint density at radius 2 is 1.92 bits per heavy atom. The molecule has 4 aliphatic rings. The Hall–Kier alpha value is -2.05. The molecule has 0 aromatic carbocycles. The lowest BCUT2D eigenvalue weighted by atomic mass is 9.48. The van der Waals surface area contributed by atoms with Crippen LogP contribution in [0.15, 0.2) is 10.9 Å². The van der Waals surface area contributed by atoms with Crippen LogP contribution in [0.3, 0.4) is 0 Å². The van der Waals surface area contributed by atoms with Crippen LogP contribution in [0.25, 0.3) is 0 Å². The van der Waals surface area contributed by atoms with E-state index in [0.717, 1.165) is 19.3 Å². The number of nitrogens with two attached hydrogens (primary N) is 1. The number of primary amides is 1. The van der Waals surface area contributed by atoms with Crippen molar-refractivity contribution < 1.29 is 14.3 Å². The zero-order valence-electron chi connectivity index (χ0n) is 14.5. The van der Waals surface area contributed by atoms with Gasteiger partial charge in [0.2, 0.25) is 5.88 Å². The molecule has 4 saturated carbocycles. The van der Waals surface area contributed by atoms with E-state index in [1.54, 1.807) is 0 Å². The second kappa shape index (κ2) is 6.04. The molecule has 5 rings (SSSR count). The number of amides is 1. The van der Waals surface area contributed by atoms with Crippen molar-refractivity contribution in [3.8, 4) is 11.8 Å². The molecule has 0 radical (unpaired) electrons. The van der Waals surface area contributed by atoms with Crippen LogP contribution in [0.2, 0.25) is 0 Å². The summed E-state index contributed by atoms with van der Waals surface area (Å²) in [6, 6.07) is 1.52. The van der Waals surface area contributed by atoms with Crippen molar-refractivity contribution >= 4 is 5.91 Å². The number of nitrogens with one attached hydrogen (secondary N) is 1. The van der Waals surface area contributed by atoms with Gasteiger partial charge in [-0.1, -0.05) is 0 Å². The Labute approximate surface area is 146 Å². The average Bonchev–Trinajstić information content (AvgIpc) is 2.50. The van der Waals surface area contributed by atoms with Crippen LogP contribution >= 0.6 is 0 Å². The van der Waals surface area contributed by atoms with Gasteiger partial charge in [0.25, 0.3) is 5.91 Å². The van der Waals surface area contributed by atoms with Gasteiger partial charge in [0.1, 0.15) is 0 Å². The van der Waals surface area contributed by atoms with E-state index >= 15 is 0 Å². The fourth-order valence-electron chi connectivity index (χ4n) is 5.81. The third-order valence-electron chi connectivity index (χ3n) is 6.14. The maximum absolute atomic E-state index is 12.3. The first-order valence-corrected chi connectivity index (χ1v) is 9.17. The van der Waals surface area contributed by atoms with Gasteiger partial charge in [-0.15, -0.1) is 0 Å². The van der Waals surface area contributed by atoms with E-state index in [0.29, 0.717) is 24.4 Å². The quantitative estimate of drug-likeness (QED) is 0.813. The molecule has 136 valence electrons. The largest absolute Gasteiger partial charge is 0.479 e. The van der Waals surface area contributed by atoms with Crippen molar-refractivity contribution in [2.24, 2.45) is 28.9 Å². The van der Waals surface area contributed by atoms with E-state index < -0.39 is 17.7 Å². The van der Waals surface area contributed by atoms with E-state index in [-0.39, 0.29) is 17.2 Å². The number of H-pyrrole nitrogens is 1. The summed E-state index contributed by atoms with van der Waals surface area (Å²) >= 11 is 0. The SMILES string of the molecule is CCOc1cc(OC(C(N)=O)C23CC4CC(CC(C4)C2)C3)nc(=O)[nH]1. The van der Waals surface area contributed by atoms with Crippen LogP contribution in [-0.2, 0) is 4.79 Å². The van der Waals surface area contributed by atoms with Crippen LogP contribution in [-0.4, -0.2) is 28.6 Å². The summed E-state index contributed by atoms with van der Waals surface area (Å²) in [6.07, 6.45) is 5.99. The van der Waals surface area contributed by atoms with Crippen molar-refractivity contribution in [1.29, 1.82) is 0 Å². The second-order valence-electron chi connectivity index (χ2n) is 8.00. The Bertz CT molecular complexity index is 694.